The second-order valence-electron chi connectivity index (χ2n) is 4.05. The van der Waals surface area contributed by atoms with Crippen molar-refractivity contribution in [1.29, 1.82) is 0 Å². The summed E-state index contributed by atoms with van der Waals surface area (Å²) in [7, 11) is 0. The fourth-order valence-corrected chi connectivity index (χ4v) is 1.61. The number of pyridine rings is 1. The van der Waals surface area contributed by atoms with Gasteiger partial charge in [-0.15, -0.1) is 0 Å². The highest BCUT2D eigenvalue weighted by atomic mass is 16.6. The molecule has 0 spiro atoms. The van der Waals surface area contributed by atoms with Gasteiger partial charge in [-0.2, -0.15) is 0 Å². The molecule has 100 valence electrons. The summed E-state index contributed by atoms with van der Waals surface area (Å²) in [6.45, 7) is -0.144. The molecular formula is C12H13N3O4. The number of non-ortho nitro benzene ring substituents is 1. The second kappa shape index (κ2) is 5.59. The van der Waals surface area contributed by atoms with Crippen molar-refractivity contribution in [3.8, 4) is 0 Å². The highest BCUT2D eigenvalue weighted by molar-refractivity contribution is 5.82. The van der Waals surface area contributed by atoms with Crippen molar-refractivity contribution in [2.45, 2.75) is 6.10 Å². The number of nitrogens with zero attached hydrogens (tertiary/aromatic N) is 2. The molecule has 0 radical (unpaired) electrons. The lowest BCUT2D eigenvalue weighted by Gasteiger charge is -2.09. The molecule has 0 saturated heterocycles. The molecule has 0 bridgehead atoms. The van der Waals surface area contributed by atoms with Gasteiger partial charge in [0.25, 0.3) is 5.69 Å². The maximum Gasteiger partial charge on any atom is 0.270 e. The number of rotatable bonds is 5. The summed E-state index contributed by atoms with van der Waals surface area (Å²) in [5.41, 5.74) is 0.639. The standard InChI is InChI=1S/C12H13N3O4/c16-7-10(17)6-13-12-4-1-8-5-9(15(18)19)2-3-11(8)14-12/h1-5,10,16-17H,6-7H2,(H,13,14). The SMILES string of the molecule is O=[N+]([O-])c1ccc2nc(NCC(O)CO)ccc2c1. The lowest BCUT2D eigenvalue weighted by Crippen LogP contribution is -2.23. The number of aliphatic hydroxyl groups excluding tert-OH is 2. The van der Waals surface area contributed by atoms with Crippen molar-refractivity contribution in [3.05, 3.63) is 40.4 Å². The van der Waals surface area contributed by atoms with Crippen LogP contribution in [0.5, 0.6) is 0 Å². The molecule has 0 aliphatic carbocycles. The van der Waals surface area contributed by atoms with Crippen LogP contribution in [0.2, 0.25) is 0 Å². The Balaban J connectivity index is 2.21. The van der Waals surface area contributed by atoms with E-state index in [1.165, 1.54) is 12.1 Å². The first kappa shape index (κ1) is 13.2. The quantitative estimate of drug-likeness (QED) is 0.546. The van der Waals surface area contributed by atoms with Gasteiger partial charge < -0.3 is 15.5 Å². The van der Waals surface area contributed by atoms with E-state index in [-0.39, 0.29) is 18.8 Å². The molecule has 19 heavy (non-hydrogen) atoms. The van der Waals surface area contributed by atoms with Gasteiger partial charge in [0.05, 0.1) is 23.2 Å². The summed E-state index contributed by atoms with van der Waals surface area (Å²) in [5, 5.41) is 32.1. The van der Waals surface area contributed by atoms with Crippen LogP contribution in [-0.2, 0) is 0 Å². The van der Waals surface area contributed by atoms with Crippen LogP contribution in [0.25, 0.3) is 10.9 Å². The Morgan fingerprint density at radius 2 is 2.16 bits per heavy atom. The third-order valence-corrected chi connectivity index (χ3v) is 2.61. The summed E-state index contributed by atoms with van der Waals surface area (Å²) in [5.74, 6) is 0.536. The largest absolute Gasteiger partial charge is 0.394 e. The molecule has 1 atom stereocenters. The average Bonchev–Trinajstić information content (AvgIpc) is 2.43. The van der Waals surface area contributed by atoms with Crippen molar-refractivity contribution in [2.24, 2.45) is 0 Å². The van der Waals surface area contributed by atoms with E-state index < -0.39 is 11.0 Å². The molecule has 1 unspecified atom stereocenters. The van der Waals surface area contributed by atoms with Crippen LogP contribution in [0.3, 0.4) is 0 Å². The first-order valence-corrected chi connectivity index (χ1v) is 5.68. The third-order valence-electron chi connectivity index (χ3n) is 2.61. The molecule has 3 N–H and O–H groups in total. The number of fused-ring (bicyclic) bond motifs is 1. The van der Waals surface area contributed by atoms with Crippen LogP contribution in [0, 0.1) is 10.1 Å². The van der Waals surface area contributed by atoms with E-state index >= 15 is 0 Å². The Bertz CT molecular complexity index is 603. The number of hydrogen-bond acceptors (Lipinski definition) is 6. The second-order valence-corrected chi connectivity index (χ2v) is 4.05. The predicted octanol–water partition coefficient (Wildman–Crippen LogP) is 0.908. The van der Waals surface area contributed by atoms with Crippen molar-refractivity contribution in [3.63, 3.8) is 0 Å². The number of hydrogen-bond donors (Lipinski definition) is 3. The Morgan fingerprint density at radius 3 is 2.84 bits per heavy atom. The Kier molecular flexibility index (Phi) is 3.88. The molecular weight excluding hydrogens is 250 g/mol. The van der Waals surface area contributed by atoms with Gasteiger partial charge in [0, 0.05) is 24.1 Å². The van der Waals surface area contributed by atoms with Crippen LogP contribution < -0.4 is 5.32 Å². The summed E-state index contributed by atoms with van der Waals surface area (Å²) < 4.78 is 0. The zero-order valence-corrected chi connectivity index (χ0v) is 9.98. The van der Waals surface area contributed by atoms with Crippen LogP contribution >= 0.6 is 0 Å². The summed E-state index contributed by atoms with van der Waals surface area (Å²) in [4.78, 5) is 14.4. The highest BCUT2D eigenvalue weighted by Gasteiger charge is 2.07. The first-order chi connectivity index (χ1) is 9.10. The van der Waals surface area contributed by atoms with E-state index in [4.69, 9.17) is 5.11 Å². The third kappa shape index (κ3) is 3.15. The molecule has 0 amide bonds. The molecule has 0 saturated carbocycles. The maximum absolute atomic E-state index is 10.6. The van der Waals surface area contributed by atoms with E-state index in [2.05, 4.69) is 10.3 Å². The molecule has 0 aliphatic rings. The average molecular weight is 263 g/mol. The molecule has 2 aromatic rings. The van der Waals surface area contributed by atoms with Crippen LogP contribution in [0.1, 0.15) is 0 Å². The topological polar surface area (TPSA) is 109 Å². The Hall–Kier alpha value is -2.25. The summed E-state index contributed by atoms with van der Waals surface area (Å²) in [6.07, 6.45) is -0.852. The van der Waals surface area contributed by atoms with Gasteiger partial charge in [0.15, 0.2) is 0 Å². The van der Waals surface area contributed by atoms with Gasteiger partial charge in [-0.25, -0.2) is 4.98 Å². The monoisotopic (exact) mass is 263 g/mol. The lowest BCUT2D eigenvalue weighted by atomic mass is 10.2. The zero-order valence-electron chi connectivity index (χ0n) is 9.98. The number of aliphatic hydroxyl groups is 2. The number of anilines is 1. The minimum Gasteiger partial charge on any atom is -0.394 e. The smallest absolute Gasteiger partial charge is 0.270 e. The maximum atomic E-state index is 10.6. The minimum absolute atomic E-state index is 0.0192. The predicted molar refractivity (Wildman–Crippen MR) is 70.0 cm³/mol. The fourth-order valence-electron chi connectivity index (χ4n) is 1.61. The lowest BCUT2D eigenvalue weighted by molar-refractivity contribution is -0.384. The van der Waals surface area contributed by atoms with Crippen molar-refractivity contribution in [1.82, 2.24) is 4.98 Å². The molecule has 1 aromatic heterocycles. The molecule has 2 rings (SSSR count). The first-order valence-electron chi connectivity index (χ1n) is 5.68. The van der Waals surface area contributed by atoms with Gasteiger partial charge in [0.2, 0.25) is 0 Å². The van der Waals surface area contributed by atoms with E-state index in [1.807, 2.05) is 0 Å². The van der Waals surface area contributed by atoms with Gasteiger partial charge in [-0.05, 0) is 18.2 Å². The van der Waals surface area contributed by atoms with Gasteiger partial charge >= 0.3 is 0 Å². The van der Waals surface area contributed by atoms with Crippen molar-refractivity contribution in [2.75, 3.05) is 18.5 Å². The van der Waals surface area contributed by atoms with Crippen LogP contribution in [0.4, 0.5) is 11.5 Å². The van der Waals surface area contributed by atoms with E-state index in [0.29, 0.717) is 16.7 Å². The Morgan fingerprint density at radius 1 is 1.37 bits per heavy atom. The van der Waals surface area contributed by atoms with Crippen LogP contribution in [0.15, 0.2) is 30.3 Å². The van der Waals surface area contributed by atoms with Gasteiger partial charge in [-0.1, -0.05) is 0 Å². The Labute approximate surface area is 108 Å². The normalized spacial score (nSPS) is 12.3. The molecule has 1 heterocycles. The van der Waals surface area contributed by atoms with E-state index in [0.717, 1.165) is 0 Å². The summed E-state index contributed by atoms with van der Waals surface area (Å²) >= 11 is 0. The number of nitro benzene ring substituents is 1. The number of benzene rings is 1. The molecule has 7 heteroatoms. The highest BCUT2D eigenvalue weighted by Crippen LogP contribution is 2.20. The summed E-state index contributed by atoms with van der Waals surface area (Å²) in [6, 6.07) is 7.79. The molecule has 0 aliphatic heterocycles. The number of nitro groups is 1. The minimum atomic E-state index is -0.852. The molecule has 1 aromatic carbocycles. The number of aromatic nitrogens is 1. The van der Waals surface area contributed by atoms with Gasteiger partial charge in [-0.3, -0.25) is 10.1 Å². The molecule has 7 nitrogen and oxygen atoms in total. The van der Waals surface area contributed by atoms with Crippen molar-refractivity contribution >= 4 is 22.4 Å². The zero-order chi connectivity index (χ0) is 13.8. The number of nitrogens with one attached hydrogen (secondary N) is 1. The molecule has 0 fully saturated rings. The van der Waals surface area contributed by atoms with Gasteiger partial charge in [0.1, 0.15) is 5.82 Å². The van der Waals surface area contributed by atoms with Crippen LogP contribution in [-0.4, -0.2) is 39.4 Å². The van der Waals surface area contributed by atoms with E-state index in [1.54, 1.807) is 18.2 Å². The van der Waals surface area contributed by atoms with Crippen molar-refractivity contribution < 1.29 is 15.1 Å². The fraction of sp³-hybridized carbons (Fsp3) is 0.250. The van der Waals surface area contributed by atoms with E-state index in [9.17, 15) is 15.2 Å².